The second-order valence-corrected chi connectivity index (χ2v) is 7.03. The van der Waals surface area contributed by atoms with E-state index in [1.54, 1.807) is 10.5 Å². The number of imidazole rings is 1. The summed E-state index contributed by atoms with van der Waals surface area (Å²) in [4.78, 5) is 21.7. The molecule has 3 heterocycles. The molecule has 4 rings (SSSR count). The third-order valence-corrected chi connectivity index (χ3v) is 5.17. The molecule has 27 heavy (non-hydrogen) atoms. The number of nitrogens with zero attached hydrogens (tertiary/aromatic N) is 4. The summed E-state index contributed by atoms with van der Waals surface area (Å²) in [5.41, 5.74) is 2.81. The van der Waals surface area contributed by atoms with E-state index in [9.17, 15) is 9.18 Å². The molecule has 5 nitrogen and oxygen atoms in total. The van der Waals surface area contributed by atoms with Crippen molar-refractivity contribution in [3.05, 3.63) is 64.8 Å². The second-order valence-electron chi connectivity index (χ2n) is 6.60. The molecule has 0 radical (unpaired) electrons. The number of aryl methyl sites for hydroxylation is 1. The Hall–Kier alpha value is -2.60. The first-order valence-corrected chi connectivity index (χ1v) is 9.41. The van der Waals surface area contributed by atoms with Crippen molar-refractivity contribution >= 4 is 28.8 Å². The maximum absolute atomic E-state index is 13.7. The Morgan fingerprint density at radius 1 is 1.19 bits per heavy atom. The molecule has 0 spiro atoms. The van der Waals surface area contributed by atoms with E-state index in [-0.39, 0.29) is 11.7 Å². The highest BCUT2D eigenvalue weighted by atomic mass is 35.5. The monoisotopic (exact) mass is 386 g/mol. The first-order chi connectivity index (χ1) is 13.1. The Bertz CT molecular complexity index is 995. The lowest BCUT2D eigenvalue weighted by atomic mass is 10.2. The molecule has 1 aromatic carbocycles. The van der Waals surface area contributed by atoms with E-state index in [4.69, 9.17) is 11.6 Å². The number of pyridine rings is 1. The first-order valence-electron chi connectivity index (χ1n) is 9.03. The number of carbonyl (C=O) groups is 1. The number of anilines is 1. The predicted octanol–water partition coefficient (Wildman–Crippen LogP) is 3.65. The van der Waals surface area contributed by atoms with Crippen LogP contribution < -0.4 is 4.90 Å². The number of fused-ring (bicyclic) bond motifs is 1. The third kappa shape index (κ3) is 3.37. The molecule has 2 aromatic heterocycles. The minimum Gasteiger partial charge on any atom is -0.368 e. The van der Waals surface area contributed by atoms with Crippen molar-refractivity contribution in [3.8, 4) is 0 Å². The summed E-state index contributed by atoms with van der Waals surface area (Å²) in [7, 11) is 0. The zero-order valence-corrected chi connectivity index (χ0v) is 15.8. The van der Waals surface area contributed by atoms with Crippen molar-refractivity contribution in [2.45, 2.75) is 13.3 Å². The van der Waals surface area contributed by atoms with Gasteiger partial charge in [0, 0.05) is 43.1 Å². The largest absolute Gasteiger partial charge is 0.368 e. The molecule has 0 atom stereocenters. The fraction of sp³-hybridized carbons (Fsp3) is 0.300. The summed E-state index contributed by atoms with van der Waals surface area (Å²) >= 11 is 6.08. The Balaban J connectivity index is 1.56. The third-order valence-electron chi connectivity index (χ3n) is 4.93. The zero-order valence-electron chi connectivity index (χ0n) is 15.0. The molecular weight excluding hydrogens is 367 g/mol. The number of hydrogen-bond donors (Lipinski definition) is 0. The SMILES string of the molecule is CCc1nc2ccc(F)cn2c1C(=O)N1CCN(c2cccc(Cl)c2)CC1. The molecule has 0 N–H and O–H groups in total. The van der Waals surface area contributed by atoms with E-state index in [1.807, 2.05) is 36.1 Å². The topological polar surface area (TPSA) is 40.9 Å². The highest BCUT2D eigenvalue weighted by molar-refractivity contribution is 6.30. The standard InChI is InChI=1S/C20H20ClFN4O/c1-2-17-19(26-13-15(22)6-7-18(26)23-17)20(27)25-10-8-24(9-11-25)16-5-3-4-14(21)12-16/h3-7,12-13H,2,8-11H2,1H3. The molecule has 1 fully saturated rings. The molecule has 3 aromatic rings. The molecular formula is C20H20ClFN4O. The summed E-state index contributed by atoms with van der Waals surface area (Å²) in [6.45, 7) is 4.58. The lowest BCUT2D eigenvalue weighted by Gasteiger charge is -2.36. The summed E-state index contributed by atoms with van der Waals surface area (Å²) in [5.74, 6) is -0.488. The van der Waals surface area contributed by atoms with Crippen LogP contribution in [-0.2, 0) is 6.42 Å². The van der Waals surface area contributed by atoms with Crippen molar-refractivity contribution in [2.24, 2.45) is 0 Å². The van der Waals surface area contributed by atoms with E-state index < -0.39 is 0 Å². The van der Waals surface area contributed by atoms with Gasteiger partial charge in [-0.25, -0.2) is 9.37 Å². The van der Waals surface area contributed by atoms with E-state index in [0.717, 1.165) is 18.8 Å². The molecule has 1 aliphatic rings. The van der Waals surface area contributed by atoms with Gasteiger partial charge >= 0.3 is 0 Å². The van der Waals surface area contributed by atoms with Gasteiger partial charge in [-0.3, -0.25) is 9.20 Å². The van der Waals surface area contributed by atoms with Crippen LogP contribution in [0.3, 0.4) is 0 Å². The average Bonchev–Trinajstić information content (AvgIpc) is 3.05. The average molecular weight is 387 g/mol. The van der Waals surface area contributed by atoms with Crippen LogP contribution in [-0.4, -0.2) is 46.4 Å². The maximum atomic E-state index is 13.7. The molecule has 1 amide bonds. The number of aromatic nitrogens is 2. The van der Waals surface area contributed by atoms with Crippen LogP contribution in [0.25, 0.3) is 5.65 Å². The van der Waals surface area contributed by atoms with Crippen LogP contribution in [0, 0.1) is 5.82 Å². The van der Waals surface area contributed by atoms with Gasteiger partial charge in [0.25, 0.3) is 5.91 Å². The normalized spacial score (nSPS) is 14.8. The van der Waals surface area contributed by atoms with E-state index in [2.05, 4.69) is 9.88 Å². The van der Waals surface area contributed by atoms with Crippen molar-refractivity contribution < 1.29 is 9.18 Å². The van der Waals surface area contributed by atoms with Crippen molar-refractivity contribution in [1.82, 2.24) is 14.3 Å². The summed E-state index contributed by atoms with van der Waals surface area (Å²) in [6, 6.07) is 10.7. The fourth-order valence-corrected chi connectivity index (χ4v) is 3.72. The van der Waals surface area contributed by atoms with Crippen LogP contribution in [0.5, 0.6) is 0 Å². The first kappa shape index (κ1) is 17.8. The molecule has 0 unspecified atom stereocenters. The number of piperazine rings is 1. The van der Waals surface area contributed by atoms with Gasteiger partial charge in [0.2, 0.25) is 0 Å². The summed E-state index contributed by atoms with van der Waals surface area (Å²) < 4.78 is 15.3. The van der Waals surface area contributed by atoms with Crippen LogP contribution in [0.15, 0.2) is 42.6 Å². The van der Waals surface area contributed by atoms with Crippen LogP contribution in [0.2, 0.25) is 5.02 Å². The molecule has 1 aliphatic heterocycles. The van der Waals surface area contributed by atoms with Crippen LogP contribution >= 0.6 is 11.6 Å². The van der Waals surface area contributed by atoms with Gasteiger partial charge in [-0.15, -0.1) is 0 Å². The van der Waals surface area contributed by atoms with Crippen LogP contribution in [0.1, 0.15) is 23.1 Å². The quantitative estimate of drug-likeness (QED) is 0.690. The predicted molar refractivity (Wildman–Crippen MR) is 104 cm³/mol. The van der Waals surface area contributed by atoms with Gasteiger partial charge in [-0.2, -0.15) is 0 Å². The number of amides is 1. The molecule has 0 bridgehead atoms. The highest BCUT2D eigenvalue weighted by Crippen LogP contribution is 2.22. The maximum Gasteiger partial charge on any atom is 0.272 e. The van der Waals surface area contributed by atoms with E-state index in [0.29, 0.717) is 41.6 Å². The van der Waals surface area contributed by atoms with Gasteiger partial charge in [0.1, 0.15) is 17.2 Å². The number of benzene rings is 1. The minimum atomic E-state index is -0.387. The molecule has 1 saturated heterocycles. The molecule has 140 valence electrons. The van der Waals surface area contributed by atoms with Crippen molar-refractivity contribution in [1.29, 1.82) is 0 Å². The Morgan fingerprint density at radius 2 is 1.96 bits per heavy atom. The number of carbonyl (C=O) groups excluding carboxylic acids is 1. The summed E-state index contributed by atoms with van der Waals surface area (Å²) in [6.07, 6.45) is 1.95. The van der Waals surface area contributed by atoms with Gasteiger partial charge in [0.15, 0.2) is 0 Å². The second kappa shape index (κ2) is 7.19. The minimum absolute atomic E-state index is 0.101. The van der Waals surface area contributed by atoms with Gasteiger partial charge in [-0.05, 0) is 36.8 Å². The van der Waals surface area contributed by atoms with Crippen molar-refractivity contribution in [3.63, 3.8) is 0 Å². The lowest BCUT2D eigenvalue weighted by Crippen LogP contribution is -2.49. The van der Waals surface area contributed by atoms with Crippen molar-refractivity contribution in [2.75, 3.05) is 31.1 Å². The van der Waals surface area contributed by atoms with Crippen LogP contribution in [0.4, 0.5) is 10.1 Å². The number of rotatable bonds is 3. The van der Waals surface area contributed by atoms with E-state index >= 15 is 0 Å². The molecule has 7 heteroatoms. The Kier molecular flexibility index (Phi) is 4.74. The Morgan fingerprint density at radius 3 is 2.67 bits per heavy atom. The number of halogens is 2. The van der Waals surface area contributed by atoms with E-state index in [1.165, 1.54) is 12.3 Å². The Labute approximate surface area is 162 Å². The number of hydrogen-bond acceptors (Lipinski definition) is 3. The molecule has 0 saturated carbocycles. The zero-order chi connectivity index (χ0) is 19.0. The summed E-state index contributed by atoms with van der Waals surface area (Å²) in [5, 5.41) is 0.700. The smallest absolute Gasteiger partial charge is 0.272 e. The highest BCUT2D eigenvalue weighted by Gasteiger charge is 2.27. The fourth-order valence-electron chi connectivity index (χ4n) is 3.53. The van der Waals surface area contributed by atoms with Gasteiger partial charge in [-0.1, -0.05) is 24.6 Å². The van der Waals surface area contributed by atoms with Gasteiger partial charge in [0.05, 0.1) is 5.69 Å². The molecule has 0 aliphatic carbocycles. The van der Waals surface area contributed by atoms with Gasteiger partial charge < -0.3 is 9.80 Å². The lowest BCUT2D eigenvalue weighted by molar-refractivity contribution is 0.0738.